The molecule has 2 heterocycles. The Morgan fingerprint density at radius 2 is 2.29 bits per heavy atom. The third-order valence-corrected chi connectivity index (χ3v) is 5.53. The van der Waals surface area contributed by atoms with E-state index >= 15 is 0 Å². The molecule has 7 nitrogen and oxygen atoms in total. The first-order chi connectivity index (χ1) is 9.96. The number of hydrogen-bond donors (Lipinski definition) is 2. The molecule has 0 unspecified atom stereocenters. The Balaban J connectivity index is 2.16. The van der Waals surface area contributed by atoms with Gasteiger partial charge in [0.15, 0.2) is 0 Å². The fraction of sp³-hybridized carbons (Fsp3) is 0.417. The molecule has 0 saturated heterocycles. The Hall–Kier alpha value is -1.42. The Bertz CT molecular complexity index is 706. The van der Waals surface area contributed by atoms with E-state index in [1.54, 1.807) is 31.0 Å². The molecule has 2 aromatic rings. The van der Waals surface area contributed by atoms with E-state index in [9.17, 15) is 8.42 Å². The first-order valence-corrected chi connectivity index (χ1v) is 8.60. The van der Waals surface area contributed by atoms with Gasteiger partial charge in [-0.2, -0.15) is 5.10 Å². The lowest BCUT2D eigenvalue weighted by molar-refractivity contribution is 0.183. The second-order valence-electron chi connectivity index (χ2n) is 4.43. The van der Waals surface area contributed by atoms with Crippen LogP contribution in [-0.2, 0) is 27.8 Å². The highest BCUT2D eigenvalue weighted by Crippen LogP contribution is 2.27. The summed E-state index contributed by atoms with van der Waals surface area (Å²) in [5.41, 5.74) is 5.97. The van der Waals surface area contributed by atoms with E-state index in [2.05, 4.69) is 9.82 Å². The summed E-state index contributed by atoms with van der Waals surface area (Å²) in [5, 5.41) is 4.07. The number of nitrogens with two attached hydrogens (primary N) is 1. The summed E-state index contributed by atoms with van der Waals surface area (Å²) in [6.07, 6.45) is 3.10. The lowest BCUT2D eigenvalue weighted by Gasteiger charge is -2.04. The predicted molar refractivity (Wildman–Crippen MR) is 81.9 cm³/mol. The molecule has 0 atom stereocenters. The van der Waals surface area contributed by atoms with Crippen LogP contribution in [0.15, 0.2) is 23.4 Å². The topological polar surface area (TPSA) is 99.2 Å². The number of hydrogen-bond acceptors (Lipinski definition) is 6. The van der Waals surface area contributed by atoms with Crippen molar-refractivity contribution in [1.82, 2.24) is 9.78 Å². The minimum Gasteiger partial charge on any atom is -0.383 e. The van der Waals surface area contributed by atoms with Crippen molar-refractivity contribution in [2.75, 3.05) is 18.4 Å². The monoisotopic (exact) mass is 330 g/mol. The highest BCUT2D eigenvalue weighted by molar-refractivity contribution is 7.93. The van der Waals surface area contributed by atoms with E-state index in [4.69, 9.17) is 10.5 Å². The summed E-state index contributed by atoms with van der Waals surface area (Å²) >= 11 is 1.39. The molecule has 21 heavy (non-hydrogen) atoms. The van der Waals surface area contributed by atoms with Gasteiger partial charge in [-0.25, -0.2) is 8.42 Å². The highest BCUT2D eigenvalue weighted by Gasteiger charge is 2.20. The number of methoxy groups -OCH3 is 1. The van der Waals surface area contributed by atoms with Gasteiger partial charge in [0.1, 0.15) is 4.90 Å². The number of rotatable bonds is 7. The zero-order valence-electron chi connectivity index (χ0n) is 11.9. The van der Waals surface area contributed by atoms with Crippen molar-refractivity contribution in [2.45, 2.75) is 24.9 Å². The molecule has 0 radical (unpaired) electrons. The zero-order chi connectivity index (χ0) is 15.5. The number of ether oxygens (including phenoxy) is 1. The molecule has 0 saturated carbocycles. The second kappa shape index (κ2) is 6.56. The first-order valence-electron chi connectivity index (χ1n) is 6.30. The molecule has 116 valence electrons. The molecule has 9 heteroatoms. The Kier molecular flexibility index (Phi) is 4.99. The van der Waals surface area contributed by atoms with Gasteiger partial charge in [0.25, 0.3) is 10.0 Å². The van der Waals surface area contributed by atoms with Gasteiger partial charge in [-0.1, -0.05) is 0 Å². The molecule has 0 amide bonds. The predicted octanol–water partition coefficient (Wildman–Crippen LogP) is 1.16. The maximum atomic E-state index is 12.4. The Morgan fingerprint density at radius 3 is 2.90 bits per heavy atom. The molecular weight excluding hydrogens is 312 g/mol. The van der Waals surface area contributed by atoms with Crippen LogP contribution in [0.25, 0.3) is 0 Å². The fourth-order valence-corrected chi connectivity index (χ4v) is 4.37. The largest absolute Gasteiger partial charge is 0.383 e. The number of nitrogens with zero attached hydrogens (tertiary/aromatic N) is 2. The van der Waals surface area contributed by atoms with Crippen molar-refractivity contribution >= 4 is 27.0 Å². The van der Waals surface area contributed by atoms with Crippen LogP contribution in [0.1, 0.15) is 9.75 Å². The molecule has 0 spiro atoms. The number of sulfonamides is 1. The van der Waals surface area contributed by atoms with Crippen molar-refractivity contribution in [1.29, 1.82) is 0 Å². The number of aromatic nitrogens is 2. The normalized spacial score (nSPS) is 11.8. The Labute approximate surface area is 127 Å². The average molecular weight is 330 g/mol. The van der Waals surface area contributed by atoms with Gasteiger partial charge in [0, 0.05) is 29.6 Å². The van der Waals surface area contributed by atoms with Crippen LogP contribution in [0.5, 0.6) is 0 Å². The maximum Gasteiger partial charge on any atom is 0.263 e. The van der Waals surface area contributed by atoms with E-state index in [0.29, 0.717) is 25.4 Å². The molecule has 0 aliphatic rings. The third kappa shape index (κ3) is 3.82. The molecule has 0 bridgehead atoms. The van der Waals surface area contributed by atoms with Crippen LogP contribution in [0.4, 0.5) is 5.69 Å². The third-order valence-electron chi connectivity index (χ3n) is 2.82. The van der Waals surface area contributed by atoms with Gasteiger partial charge in [0.2, 0.25) is 0 Å². The molecule has 0 fully saturated rings. The van der Waals surface area contributed by atoms with E-state index < -0.39 is 10.0 Å². The van der Waals surface area contributed by atoms with Crippen molar-refractivity contribution < 1.29 is 13.2 Å². The summed E-state index contributed by atoms with van der Waals surface area (Å²) in [5.74, 6) is 0. The summed E-state index contributed by atoms with van der Waals surface area (Å²) in [6.45, 7) is 3.17. The van der Waals surface area contributed by atoms with Crippen molar-refractivity contribution in [3.05, 3.63) is 28.2 Å². The molecule has 0 aliphatic carbocycles. The number of aryl methyl sites for hydroxylation is 1. The van der Waals surface area contributed by atoms with Crippen molar-refractivity contribution in [3.8, 4) is 0 Å². The highest BCUT2D eigenvalue weighted by atomic mass is 32.2. The van der Waals surface area contributed by atoms with Crippen molar-refractivity contribution in [3.63, 3.8) is 0 Å². The maximum absolute atomic E-state index is 12.4. The van der Waals surface area contributed by atoms with Crippen LogP contribution in [0.2, 0.25) is 0 Å². The average Bonchev–Trinajstić information content (AvgIpc) is 3.02. The van der Waals surface area contributed by atoms with E-state index in [-0.39, 0.29) is 4.90 Å². The molecule has 2 aromatic heterocycles. The van der Waals surface area contributed by atoms with E-state index in [1.807, 2.05) is 0 Å². The standard InChI is InChI=1S/C12H18N4O3S2/c1-9-12(5-11(6-13)20-9)21(17,18)15-10-7-14-16(8-10)3-4-19-2/h5,7-8,15H,3-4,6,13H2,1-2H3. The van der Waals surface area contributed by atoms with Gasteiger partial charge in [-0.05, 0) is 13.0 Å². The van der Waals surface area contributed by atoms with Crippen LogP contribution in [-0.4, -0.2) is 31.9 Å². The molecule has 3 N–H and O–H groups in total. The number of nitrogens with one attached hydrogen (secondary N) is 1. The lowest BCUT2D eigenvalue weighted by Crippen LogP contribution is -2.13. The smallest absolute Gasteiger partial charge is 0.263 e. The molecule has 0 aliphatic heterocycles. The summed E-state index contributed by atoms with van der Waals surface area (Å²) < 4.78 is 33.8. The first kappa shape index (κ1) is 16.0. The SMILES string of the molecule is COCCn1cc(NS(=O)(=O)c2cc(CN)sc2C)cn1. The lowest BCUT2D eigenvalue weighted by atomic mass is 10.4. The molecule has 2 rings (SSSR count). The summed E-state index contributed by atoms with van der Waals surface area (Å²) in [4.78, 5) is 1.82. The van der Waals surface area contributed by atoms with Gasteiger partial charge < -0.3 is 10.5 Å². The minimum absolute atomic E-state index is 0.262. The van der Waals surface area contributed by atoms with Crippen LogP contribution in [0.3, 0.4) is 0 Å². The van der Waals surface area contributed by atoms with Crippen molar-refractivity contribution in [2.24, 2.45) is 5.73 Å². The second-order valence-corrected chi connectivity index (χ2v) is 7.42. The number of thiophene rings is 1. The van der Waals surface area contributed by atoms with Crippen LogP contribution in [0, 0.1) is 6.92 Å². The molecule has 0 aromatic carbocycles. The van der Waals surface area contributed by atoms with Gasteiger partial charge >= 0.3 is 0 Å². The number of anilines is 1. The quantitative estimate of drug-likeness (QED) is 0.793. The van der Waals surface area contributed by atoms with E-state index in [1.165, 1.54) is 17.5 Å². The zero-order valence-corrected chi connectivity index (χ0v) is 13.5. The Morgan fingerprint density at radius 1 is 1.52 bits per heavy atom. The summed E-state index contributed by atoms with van der Waals surface area (Å²) in [7, 11) is -2.02. The molecular formula is C12H18N4O3S2. The van der Waals surface area contributed by atoms with Gasteiger partial charge in [0.05, 0.1) is 25.0 Å². The van der Waals surface area contributed by atoms with Gasteiger partial charge in [-0.15, -0.1) is 11.3 Å². The van der Waals surface area contributed by atoms with E-state index in [0.717, 1.165) is 9.75 Å². The minimum atomic E-state index is -3.62. The van der Waals surface area contributed by atoms with Crippen LogP contribution < -0.4 is 10.5 Å². The summed E-state index contributed by atoms with van der Waals surface area (Å²) in [6, 6.07) is 1.61. The van der Waals surface area contributed by atoms with Gasteiger partial charge in [-0.3, -0.25) is 9.40 Å². The van der Waals surface area contributed by atoms with Crippen LogP contribution >= 0.6 is 11.3 Å². The fourth-order valence-electron chi connectivity index (χ4n) is 1.83.